The Morgan fingerprint density at radius 1 is 1.05 bits per heavy atom. The van der Waals surface area contributed by atoms with Gasteiger partial charge >= 0.3 is 6.03 Å². The zero-order chi connectivity index (χ0) is 16.1. The van der Waals surface area contributed by atoms with Crippen LogP contribution in [-0.4, -0.2) is 23.6 Å². The molecule has 0 saturated heterocycles. The number of anilines is 2. The van der Waals surface area contributed by atoms with Gasteiger partial charge in [0, 0.05) is 43.3 Å². The van der Waals surface area contributed by atoms with Gasteiger partial charge in [0.1, 0.15) is 0 Å². The standard InChI is InChI=1S/C15H16N4O3/c1-16-15(22)18-12-5-3-4-11(9-12)17-14(21)10-6-7-19(2)13(20)8-10/h3-9H,1-2H3,(H,17,21)(H2,16,18,22). The first kappa shape index (κ1) is 15.3. The molecular formula is C15H16N4O3. The number of aromatic nitrogens is 1. The fourth-order valence-corrected chi connectivity index (χ4v) is 1.76. The third-order valence-corrected chi connectivity index (χ3v) is 2.97. The molecule has 0 unspecified atom stereocenters. The summed E-state index contributed by atoms with van der Waals surface area (Å²) < 4.78 is 1.38. The van der Waals surface area contributed by atoms with Crippen LogP contribution < -0.4 is 21.5 Å². The van der Waals surface area contributed by atoms with Gasteiger partial charge in [0.15, 0.2) is 0 Å². The Morgan fingerprint density at radius 3 is 2.36 bits per heavy atom. The molecule has 3 N–H and O–H groups in total. The number of hydrogen-bond donors (Lipinski definition) is 3. The minimum Gasteiger partial charge on any atom is -0.341 e. The molecule has 7 nitrogen and oxygen atoms in total. The largest absolute Gasteiger partial charge is 0.341 e. The molecule has 0 fully saturated rings. The van der Waals surface area contributed by atoms with Gasteiger partial charge in [-0.25, -0.2) is 4.79 Å². The van der Waals surface area contributed by atoms with Crippen LogP contribution in [0.4, 0.5) is 16.2 Å². The topological polar surface area (TPSA) is 92.2 Å². The van der Waals surface area contributed by atoms with E-state index in [9.17, 15) is 14.4 Å². The first-order valence-electron chi connectivity index (χ1n) is 6.56. The molecule has 0 atom stereocenters. The van der Waals surface area contributed by atoms with Crippen molar-refractivity contribution < 1.29 is 9.59 Å². The maximum atomic E-state index is 12.1. The Labute approximate surface area is 127 Å². The van der Waals surface area contributed by atoms with Gasteiger partial charge in [0.25, 0.3) is 11.5 Å². The van der Waals surface area contributed by atoms with Gasteiger partial charge in [0.05, 0.1) is 0 Å². The molecule has 114 valence electrons. The summed E-state index contributed by atoms with van der Waals surface area (Å²) >= 11 is 0. The maximum absolute atomic E-state index is 12.1. The van der Waals surface area contributed by atoms with E-state index in [1.807, 2.05) is 0 Å². The highest BCUT2D eigenvalue weighted by molar-refractivity contribution is 6.04. The highest BCUT2D eigenvalue weighted by Gasteiger charge is 2.08. The van der Waals surface area contributed by atoms with Crippen molar-refractivity contribution >= 4 is 23.3 Å². The third kappa shape index (κ3) is 3.72. The number of pyridine rings is 1. The number of aryl methyl sites for hydroxylation is 1. The van der Waals surface area contributed by atoms with Crippen molar-refractivity contribution in [3.05, 3.63) is 58.5 Å². The molecule has 2 rings (SSSR count). The van der Waals surface area contributed by atoms with Crippen LogP contribution >= 0.6 is 0 Å². The van der Waals surface area contributed by atoms with Crippen molar-refractivity contribution in [2.24, 2.45) is 7.05 Å². The Morgan fingerprint density at radius 2 is 1.73 bits per heavy atom. The molecule has 3 amide bonds. The van der Waals surface area contributed by atoms with Gasteiger partial charge in [-0.05, 0) is 24.3 Å². The maximum Gasteiger partial charge on any atom is 0.318 e. The Hall–Kier alpha value is -3.09. The number of nitrogens with zero attached hydrogens (tertiary/aromatic N) is 1. The molecular weight excluding hydrogens is 284 g/mol. The van der Waals surface area contributed by atoms with Crippen LogP contribution in [0.3, 0.4) is 0 Å². The number of hydrogen-bond acceptors (Lipinski definition) is 3. The van der Waals surface area contributed by atoms with Crippen molar-refractivity contribution in [2.45, 2.75) is 0 Å². The van der Waals surface area contributed by atoms with E-state index in [-0.39, 0.29) is 17.2 Å². The van der Waals surface area contributed by atoms with Crippen LogP contribution in [0.2, 0.25) is 0 Å². The number of carbonyl (C=O) groups is 2. The van der Waals surface area contributed by atoms with E-state index in [0.717, 1.165) is 0 Å². The van der Waals surface area contributed by atoms with E-state index in [1.165, 1.54) is 23.9 Å². The summed E-state index contributed by atoms with van der Waals surface area (Å²) in [5, 5.41) is 7.72. The van der Waals surface area contributed by atoms with Gasteiger partial charge in [0.2, 0.25) is 0 Å². The smallest absolute Gasteiger partial charge is 0.318 e. The quantitative estimate of drug-likeness (QED) is 0.799. The van der Waals surface area contributed by atoms with Gasteiger partial charge < -0.3 is 20.5 Å². The number of amides is 3. The second-order valence-electron chi connectivity index (χ2n) is 4.60. The first-order valence-corrected chi connectivity index (χ1v) is 6.56. The number of urea groups is 1. The lowest BCUT2D eigenvalue weighted by Gasteiger charge is -2.09. The SMILES string of the molecule is CNC(=O)Nc1cccc(NC(=O)c2ccn(C)c(=O)c2)c1. The molecule has 2 aromatic rings. The molecule has 1 heterocycles. The highest BCUT2D eigenvalue weighted by Crippen LogP contribution is 2.15. The molecule has 1 aromatic heterocycles. The zero-order valence-electron chi connectivity index (χ0n) is 12.2. The van der Waals surface area contributed by atoms with Crippen LogP contribution in [0.25, 0.3) is 0 Å². The van der Waals surface area contributed by atoms with Crippen LogP contribution in [0.5, 0.6) is 0 Å². The van der Waals surface area contributed by atoms with Crippen LogP contribution in [0.1, 0.15) is 10.4 Å². The molecule has 22 heavy (non-hydrogen) atoms. The summed E-state index contributed by atoms with van der Waals surface area (Å²) in [5.74, 6) is -0.394. The lowest BCUT2D eigenvalue weighted by Crippen LogP contribution is -2.24. The number of nitrogens with one attached hydrogen (secondary N) is 3. The molecule has 0 bridgehead atoms. The van der Waals surface area contributed by atoms with Gasteiger partial charge in [-0.15, -0.1) is 0 Å². The second-order valence-corrected chi connectivity index (χ2v) is 4.60. The van der Waals surface area contributed by atoms with E-state index >= 15 is 0 Å². The average Bonchev–Trinajstić information content (AvgIpc) is 2.50. The van der Waals surface area contributed by atoms with E-state index in [1.54, 1.807) is 37.4 Å². The first-order chi connectivity index (χ1) is 10.5. The fourth-order valence-electron chi connectivity index (χ4n) is 1.76. The van der Waals surface area contributed by atoms with E-state index in [4.69, 9.17) is 0 Å². The summed E-state index contributed by atoms with van der Waals surface area (Å²) in [5.41, 5.74) is 1.07. The Balaban J connectivity index is 2.14. The molecule has 0 aliphatic carbocycles. The highest BCUT2D eigenvalue weighted by atomic mass is 16.2. The third-order valence-electron chi connectivity index (χ3n) is 2.97. The minimum atomic E-state index is -0.394. The average molecular weight is 300 g/mol. The molecule has 0 spiro atoms. The number of rotatable bonds is 3. The number of carbonyl (C=O) groups excluding carboxylic acids is 2. The van der Waals surface area contributed by atoms with Gasteiger partial charge in [-0.1, -0.05) is 6.07 Å². The van der Waals surface area contributed by atoms with Gasteiger partial charge in [-0.3, -0.25) is 9.59 Å². The molecule has 7 heteroatoms. The Kier molecular flexibility index (Phi) is 4.57. The normalized spacial score (nSPS) is 9.91. The van der Waals surface area contributed by atoms with Gasteiger partial charge in [-0.2, -0.15) is 0 Å². The molecule has 0 radical (unpaired) electrons. The monoisotopic (exact) mass is 300 g/mol. The zero-order valence-corrected chi connectivity index (χ0v) is 12.2. The lowest BCUT2D eigenvalue weighted by molar-refractivity contribution is 0.102. The van der Waals surface area contributed by atoms with Crippen molar-refractivity contribution in [3.63, 3.8) is 0 Å². The number of benzene rings is 1. The second kappa shape index (κ2) is 6.57. The summed E-state index contributed by atoms with van der Waals surface area (Å²) in [6.07, 6.45) is 1.53. The Bertz CT molecular complexity index is 767. The minimum absolute atomic E-state index is 0.261. The van der Waals surface area contributed by atoms with Crippen LogP contribution in [-0.2, 0) is 7.05 Å². The molecule has 0 aliphatic rings. The van der Waals surface area contributed by atoms with E-state index < -0.39 is 5.91 Å². The van der Waals surface area contributed by atoms with E-state index in [2.05, 4.69) is 16.0 Å². The predicted molar refractivity (Wildman–Crippen MR) is 84.2 cm³/mol. The van der Waals surface area contributed by atoms with Crippen molar-refractivity contribution in [1.29, 1.82) is 0 Å². The lowest BCUT2D eigenvalue weighted by atomic mass is 10.2. The summed E-state index contributed by atoms with van der Waals surface area (Å²) in [4.78, 5) is 34.9. The van der Waals surface area contributed by atoms with Crippen LogP contribution in [0.15, 0.2) is 47.4 Å². The molecule has 0 aliphatic heterocycles. The summed E-state index contributed by atoms with van der Waals surface area (Å²) in [6.45, 7) is 0. The molecule has 0 saturated carbocycles. The van der Waals surface area contributed by atoms with Crippen molar-refractivity contribution in [1.82, 2.24) is 9.88 Å². The fraction of sp³-hybridized carbons (Fsp3) is 0.133. The molecule has 1 aromatic carbocycles. The summed E-state index contributed by atoms with van der Waals surface area (Å²) in [7, 11) is 3.12. The van der Waals surface area contributed by atoms with Crippen molar-refractivity contribution in [2.75, 3.05) is 17.7 Å². The van der Waals surface area contributed by atoms with E-state index in [0.29, 0.717) is 11.4 Å². The summed E-state index contributed by atoms with van der Waals surface area (Å²) in [6, 6.07) is 9.18. The predicted octanol–water partition coefficient (Wildman–Crippen LogP) is 1.39. The van der Waals surface area contributed by atoms with Crippen molar-refractivity contribution in [3.8, 4) is 0 Å². The van der Waals surface area contributed by atoms with Crippen LogP contribution in [0, 0.1) is 0 Å².